The van der Waals surface area contributed by atoms with E-state index in [1.165, 1.54) is 22.7 Å². The predicted octanol–water partition coefficient (Wildman–Crippen LogP) is 3.55. The molecule has 0 atom stereocenters. The van der Waals surface area contributed by atoms with Crippen LogP contribution in [0.5, 0.6) is 0 Å². The minimum Gasteiger partial charge on any atom is -0.325 e. The van der Waals surface area contributed by atoms with Crippen molar-refractivity contribution in [1.82, 2.24) is 4.98 Å². The van der Waals surface area contributed by atoms with Crippen molar-refractivity contribution < 1.29 is 9.05 Å². The molecule has 0 saturated heterocycles. The molecule has 0 N–H and O–H groups in total. The molecule has 0 saturated carbocycles. The molecule has 3 nitrogen and oxygen atoms in total. The van der Waals surface area contributed by atoms with Crippen molar-refractivity contribution in [2.75, 3.05) is 14.2 Å². The summed E-state index contributed by atoms with van der Waals surface area (Å²) in [6.07, 6.45) is 1.63. The first-order chi connectivity index (χ1) is 6.59. The van der Waals surface area contributed by atoms with E-state index in [1.807, 2.05) is 0 Å². The third kappa shape index (κ3) is 3.77. The molecule has 0 spiro atoms. The van der Waals surface area contributed by atoms with Gasteiger partial charge >= 0.3 is 0 Å². The highest BCUT2D eigenvalue weighted by atomic mass is 35.5. The van der Waals surface area contributed by atoms with Crippen LogP contribution >= 0.6 is 40.0 Å². The fraction of sp³-hybridized carbons (Fsp3) is 0.500. The topological polar surface area (TPSA) is 31.4 Å². The molecule has 8 heteroatoms. The third-order valence-electron chi connectivity index (χ3n) is 1.32. The maximum absolute atomic E-state index is 5.75. The maximum Gasteiger partial charge on any atom is 0.247 e. The van der Waals surface area contributed by atoms with Gasteiger partial charge < -0.3 is 9.05 Å². The number of aromatic nitrogens is 1. The molecule has 1 heterocycles. The molecule has 1 aromatic heterocycles. The zero-order valence-corrected chi connectivity index (χ0v) is 11.7. The standard InChI is InChI=1S/C6H9ClNO2PS3/c1-9-11(12,10-2)13-4-6-8-3-5(7)14-6/h3H,4H2,1-2H3. The zero-order valence-electron chi connectivity index (χ0n) is 7.60. The van der Waals surface area contributed by atoms with Gasteiger partial charge in [-0.05, 0) is 11.8 Å². The van der Waals surface area contributed by atoms with E-state index in [2.05, 4.69) is 4.98 Å². The summed E-state index contributed by atoms with van der Waals surface area (Å²) in [7, 11) is 3.12. The van der Waals surface area contributed by atoms with Crippen LogP contribution in [0, 0.1) is 0 Å². The summed E-state index contributed by atoms with van der Waals surface area (Å²) in [6, 6.07) is 0. The molecule has 0 amide bonds. The summed E-state index contributed by atoms with van der Waals surface area (Å²) in [6.45, 7) is 0. The van der Waals surface area contributed by atoms with Gasteiger partial charge in [0.05, 0.1) is 11.9 Å². The summed E-state index contributed by atoms with van der Waals surface area (Å²) >= 11 is 13.8. The Kier molecular flexibility index (Phi) is 5.34. The van der Waals surface area contributed by atoms with Crippen LogP contribution in [0.4, 0.5) is 0 Å². The van der Waals surface area contributed by atoms with Crippen LogP contribution in [0.3, 0.4) is 0 Å². The van der Waals surface area contributed by atoms with Crippen molar-refractivity contribution in [2.45, 2.75) is 5.75 Å². The Labute approximate surface area is 101 Å². The molecule has 1 rings (SSSR count). The first-order valence-corrected chi connectivity index (χ1v) is 8.98. The van der Waals surface area contributed by atoms with E-state index < -0.39 is 5.69 Å². The lowest BCUT2D eigenvalue weighted by atomic mass is 10.8. The summed E-state index contributed by atoms with van der Waals surface area (Å²) < 4.78 is 10.9. The first kappa shape index (κ1) is 12.9. The molecule has 0 aromatic carbocycles. The van der Waals surface area contributed by atoms with Crippen molar-refractivity contribution in [3.8, 4) is 0 Å². The Morgan fingerprint density at radius 2 is 2.29 bits per heavy atom. The summed E-state index contributed by atoms with van der Waals surface area (Å²) in [5.41, 5.74) is -2.16. The lowest BCUT2D eigenvalue weighted by molar-refractivity contribution is 0.354. The van der Waals surface area contributed by atoms with E-state index in [0.717, 1.165) is 5.01 Å². The van der Waals surface area contributed by atoms with Gasteiger partial charge in [-0.2, -0.15) is 0 Å². The number of hydrogen-bond acceptors (Lipinski definition) is 6. The molecule has 0 radical (unpaired) electrons. The van der Waals surface area contributed by atoms with Crippen molar-refractivity contribution in [3.63, 3.8) is 0 Å². The maximum atomic E-state index is 5.75. The van der Waals surface area contributed by atoms with Crippen molar-refractivity contribution >= 4 is 51.8 Å². The van der Waals surface area contributed by atoms with Crippen LogP contribution < -0.4 is 0 Å². The minimum absolute atomic E-state index is 0.677. The van der Waals surface area contributed by atoms with E-state index in [4.69, 9.17) is 32.5 Å². The second kappa shape index (κ2) is 5.80. The molecule has 0 aliphatic heterocycles. The quantitative estimate of drug-likeness (QED) is 0.774. The lowest BCUT2D eigenvalue weighted by Crippen LogP contribution is -1.84. The van der Waals surface area contributed by atoms with Gasteiger partial charge in [0.1, 0.15) is 9.34 Å². The minimum atomic E-state index is -2.16. The summed E-state index contributed by atoms with van der Waals surface area (Å²) in [4.78, 5) is 4.11. The van der Waals surface area contributed by atoms with Crippen LogP contribution in [0.1, 0.15) is 5.01 Å². The molecule has 0 fully saturated rings. The van der Waals surface area contributed by atoms with Gasteiger partial charge in [-0.1, -0.05) is 23.0 Å². The van der Waals surface area contributed by atoms with Crippen LogP contribution in [0.25, 0.3) is 0 Å². The Morgan fingerprint density at radius 1 is 1.64 bits per heavy atom. The fourth-order valence-electron chi connectivity index (χ4n) is 0.669. The molecule has 14 heavy (non-hydrogen) atoms. The van der Waals surface area contributed by atoms with E-state index in [0.29, 0.717) is 10.1 Å². The lowest BCUT2D eigenvalue weighted by Gasteiger charge is -2.15. The molecule has 0 aliphatic rings. The molecule has 0 unspecified atom stereocenters. The van der Waals surface area contributed by atoms with Gasteiger partial charge in [0.2, 0.25) is 5.69 Å². The fourth-order valence-corrected chi connectivity index (χ4v) is 4.75. The highest BCUT2D eigenvalue weighted by Gasteiger charge is 2.16. The number of hydrogen-bond donors (Lipinski definition) is 0. The number of rotatable bonds is 5. The highest BCUT2D eigenvalue weighted by molar-refractivity contribution is 8.67. The average Bonchev–Trinajstić information content (AvgIpc) is 2.61. The summed E-state index contributed by atoms with van der Waals surface area (Å²) in [5.74, 6) is 0.677. The second-order valence-electron chi connectivity index (χ2n) is 2.14. The second-order valence-corrected chi connectivity index (χ2v) is 10.4. The molecular weight excluding hydrogens is 281 g/mol. The van der Waals surface area contributed by atoms with Crippen LogP contribution in [0.15, 0.2) is 6.20 Å². The van der Waals surface area contributed by atoms with Crippen molar-refractivity contribution in [2.24, 2.45) is 0 Å². The predicted molar refractivity (Wildman–Crippen MR) is 66.7 cm³/mol. The van der Waals surface area contributed by atoms with Crippen molar-refractivity contribution in [3.05, 3.63) is 15.5 Å². The zero-order chi connectivity index (χ0) is 10.6. The van der Waals surface area contributed by atoms with Crippen LogP contribution in [-0.2, 0) is 26.6 Å². The van der Waals surface area contributed by atoms with E-state index in [1.54, 1.807) is 20.4 Å². The molecule has 0 aliphatic carbocycles. The van der Waals surface area contributed by atoms with E-state index in [9.17, 15) is 0 Å². The third-order valence-corrected chi connectivity index (χ3v) is 8.30. The first-order valence-electron chi connectivity index (χ1n) is 3.56. The van der Waals surface area contributed by atoms with Crippen LogP contribution in [-0.4, -0.2) is 19.2 Å². The van der Waals surface area contributed by atoms with E-state index in [-0.39, 0.29) is 0 Å². The molecule has 1 aromatic rings. The Hall–Kier alpha value is 0.840. The molecular formula is C6H9ClNO2PS3. The van der Waals surface area contributed by atoms with Gasteiger partial charge in [-0.15, -0.1) is 11.3 Å². The van der Waals surface area contributed by atoms with E-state index >= 15 is 0 Å². The Bertz CT molecular complexity index is 338. The van der Waals surface area contributed by atoms with Gasteiger partial charge in [0.15, 0.2) is 0 Å². The number of halogens is 1. The number of thiazole rings is 1. The summed E-state index contributed by atoms with van der Waals surface area (Å²) in [5, 5.41) is 0.934. The number of nitrogens with zero attached hydrogens (tertiary/aromatic N) is 1. The molecule has 80 valence electrons. The van der Waals surface area contributed by atoms with Crippen LogP contribution in [0.2, 0.25) is 4.34 Å². The van der Waals surface area contributed by atoms with Gasteiger partial charge in [0, 0.05) is 14.2 Å². The largest absolute Gasteiger partial charge is 0.325 e. The SMILES string of the molecule is COP(=S)(OC)SCc1ncc(Cl)s1. The molecule has 0 bridgehead atoms. The average molecular weight is 290 g/mol. The van der Waals surface area contributed by atoms with Gasteiger partial charge in [-0.25, -0.2) is 4.98 Å². The Morgan fingerprint density at radius 3 is 2.71 bits per heavy atom. The normalized spacial score (nSPS) is 11.9. The smallest absolute Gasteiger partial charge is 0.247 e. The van der Waals surface area contributed by atoms with Crippen molar-refractivity contribution in [1.29, 1.82) is 0 Å². The highest BCUT2D eigenvalue weighted by Crippen LogP contribution is 2.60. The monoisotopic (exact) mass is 289 g/mol. The van der Waals surface area contributed by atoms with Gasteiger partial charge in [0.25, 0.3) is 0 Å². The van der Waals surface area contributed by atoms with Gasteiger partial charge in [-0.3, -0.25) is 0 Å². The Balaban J connectivity index is 2.51.